The second-order valence-electron chi connectivity index (χ2n) is 4.81. The van der Waals surface area contributed by atoms with E-state index in [0.29, 0.717) is 5.56 Å². The van der Waals surface area contributed by atoms with Crippen molar-refractivity contribution in [3.05, 3.63) is 75.3 Å². The molecule has 22 heavy (non-hydrogen) atoms. The molecule has 0 heterocycles. The van der Waals surface area contributed by atoms with Gasteiger partial charge in [0.2, 0.25) is 5.91 Å². The summed E-state index contributed by atoms with van der Waals surface area (Å²) in [5.74, 6) is -0.245. The van der Waals surface area contributed by atoms with Crippen LogP contribution in [0.1, 0.15) is 16.7 Å². The summed E-state index contributed by atoms with van der Waals surface area (Å²) in [6.07, 6.45) is 1.60. The van der Waals surface area contributed by atoms with Crippen molar-refractivity contribution in [3.8, 4) is 0 Å². The molecule has 2 aromatic rings. The standard InChI is InChI=1S/C16H15N3O3/c1-12-5-7-13(8-6-12)10-16(20)18-17-11-14-3-2-4-15(9-14)19(21)22/h2-9,11H,10H2,1H3,(H,18,20). The van der Waals surface area contributed by atoms with Crippen LogP contribution < -0.4 is 5.43 Å². The van der Waals surface area contributed by atoms with E-state index in [9.17, 15) is 14.9 Å². The predicted molar refractivity (Wildman–Crippen MR) is 83.7 cm³/mol. The molecule has 0 aliphatic heterocycles. The Hall–Kier alpha value is -3.02. The average Bonchev–Trinajstić information content (AvgIpc) is 2.50. The van der Waals surface area contributed by atoms with Crippen LogP contribution in [-0.4, -0.2) is 17.0 Å². The minimum absolute atomic E-state index is 0.0186. The molecule has 6 nitrogen and oxygen atoms in total. The topological polar surface area (TPSA) is 84.6 Å². The second-order valence-corrected chi connectivity index (χ2v) is 4.81. The number of non-ortho nitro benzene ring substituents is 1. The van der Waals surface area contributed by atoms with Crippen LogP contribution in [0, 0.1) is 17.0 Å². The normalized spacial score (nSPS) is 10.6. The van der Waals surface area contributed by atoms with Crippen molar-refractivity contribution in [2.24, 2.45) is 5.10 Å². The third-order valence-corrected chi connectivity index (χ3v) is 2.97. The van der Waals surface area contributed by atoms with Crippen molar-refractivity contribution in [1.82, 2.24) is 5.43 Å². The fraction of sp³-hybridized carbons (Fsp3) is 0.125. The van der Waals surface area contributed by atoms with Gasteiger partial charge >= 0.3 is 0 Å². The number of nitrogens with one attached hydrogen (secondary N) is 1. The van der Waals surface area contributed by atoms with Crippen LogP contribution in [0.4, 0.5) is 5.69 Å². The van der Waals surface area contributed by atoms with Crippen molar-refractivity contribution in [2.45, 2.75) is 13.3 Å². The molecule has 0 aliphatic carbocycles. The van der Waals surface area contributed by atoms with Gasteiger partial charge < -0.3 is 0 Å². The van der Waals surface area contributed by atoms with E-state index in [1.54, 1.807) is 12.1 Å². The van der Waals surface area contributed by atoms with Crippen LogP contribution >= 0.6 is 0 Å². The molecule has 0 aliphatic rings. The lowest BCUT2D eigenvalue weighted by Crippen LogP contribution is -2.19. The van der Waals surface area contributed by atoms with Gasteiger partial charge in [0.15, 0.2) is 0 Å². The Labute approximate surface area is 127 Å². The average molecular weight is 297 g/mol. The zero-order chi connectivity index (χ0) is 15.9. The number of benzene rings is 2. The van der Waals surface area contributed by atoms with Gasteiger partial charge in [0.1, 0.15) is 0 Å². The lowest BCUT2D eigenvalue weighted by molar-refractivity contribution is -0.384. The molecule has 0 fully saturated rings. The highest BCUT2D eigenvalue weighted by atomic mass is 16.6. The van der Waals surface area contributed by atoms with E-state index in [1.807, 2.05) is 31.2 Å². The summed E-state index contributed by atoms with van der Waals surface area (Å²) >= 11 is 0. The van der Waals surface area contributed by atoms with Gasteiger partial charge in [-0.1, -0.05) is 42.0 Å². The number of amides is 1. The van der Waals surface area contributed by atoms with Gasteiger partial charge in [-0.15, -0.1) is 0 Å². The first-order valence-electron chi connectivity index (χ1n) is 6.66. The maximum Gasteiger partial charge on any atom is 0.270 e. The third-order valence-electron chi connectivity index (χ3n) is 2.97. The molecule has 2 aromatic carbocycles. The van der Waals surface area contributed by atoms with Gasteiger partial charge in [-0.25, -0.2) is 5.43 Å². The summed E-state index contributed by atoms with van der Waals surface area (Å²) in [5, 5.41) is 14.5. The maximum atomic E-state index is 11.7. The molecule has 6 heteroatoms. The molecule has 2 rings (SSSR count). The van der Waals surface area contributed by atoms with Gasteiger partial charge in [0.25, 0.3) is 5.69 Å². The Morgan fingerprint density at radius 3 is 2.68 bits per heavy atom. The molecule has 1 amide bonds. The highest BCUT2D eigenvalue weighted by Crippen LogP contribution is 2.11. The zero-order valence-corrected chi connectivity index (χ0v) is 12.0. The van der Waals surface area contributed by atoms with Crippen molar-refractivity contribution in [1.29, 1.82) is 0 Å². The van der Waals surface area contributed by atoms with E-state index >= 15 is 0 Å². The van der Waals surface area contributed by atoms with Crippen molar-refractivity contribution >= 4 is 17.8 Å². The summed E-state index contributed by atoms with van der Waals surface area (Å²) in [6, 6.07) is 13.7. The number of aryl methyl sites for hydroxylation is 1. The summed E-state index contributed by atoms with van der Waals surface area (Å²) in [6.45, 7) is 1.98. The predicted octanol–water partition coefficient (Wildman–Crippen LogP) is 2.60. The fourth-order valence-corrected chi connectivity index (χ4v) is 1.83. The third kappa shape index (κ3) is 4.52. The maximum absolute atomic E-state index is 11.7. The van der Waals surface area contributed by atoms with Crippen LogP contribution in [0.25, 0.3) is 0 Å². The van der Waals surface area contributed by atoms with E-state index in [-0.39, 0.29) is 18.0 Å². The van der Waals surface area contributed by atoms with Crippen LogP contribution in [0.15, 0.2) is 53.6 Å². The van der Waals surface area contributed by atoms with Gasteiger partial charge in [-0.3, -0.25) is 14.9 Å². The van der Waals surface area contributed by atoms with Crippen molar-refractivity contribution in [2.75, 3.05) is 0 Å². The smallest absolute Gasteiger partial charge is 0.270 e. The fourth-order valence-electron chi connectivity index (χ4n) is 1.83. The van der Waals surface area contributed by atoms with Gasteiger partial charge in [-0.2, -0.15) is 5.10 Å². The summed E-state index contributed by atoms with van der Waals surface area (Å²) in [5.41, 5.74) is 4.96. The van der Waals surface area contributed by atoms with Gasteiger partial charge in [0.05, 0.1) is 17.6 Å². The highest BCUT2D eigenvalue weighted by molar-refractivity contribution is 5.83. The number of nitrogens with zero attached hydrogens (tertiary/aromatic N) is 2. The van der Waals surface area contributed by atoms with E-state index in [1.165, 1.54) is 18.3 Å². The molecule has 0 radical (unpaired) electrons. The second kappa shape index (κ2) is 7.12. The van der Waals surface area contributed by atoms with Crippen LogP contribution in [-0.2, 0) is 11.2 Å². The minimum atomic E-state index is -0.479. The van der Waals surface area contributed by atoms with Gasteiger partial charge in [-0.05, 0) is 12.5 Å². The number of hydrogen-bond acceptors (Lipinski definition) is 4. The summed E-state index contributed by atoms with van der Waals surface area (Å²) in [4.78, 5) is 21.9. The molecule has 0 spiro atoms. The molecule has 1 N–H and O–H groups in total. The van der Waals surface area contributed by atoms with Crippen molar-refractivity contribution in [3.63, 3.8) is 0 Å². The quantitative estimate of drug-likeness (QED) is 0.523. The van der Waals surface area contributed by atoms with Gasteiger partial charge in [0, 0.05) is 17.7 Å². The molecule has 0 unspecified atom stereocenters. The monoisotopic (exact) mass is 297 g/mol. The number of hydrogen-bond donors (Lipinski definition) is 1. The molecule has 0 saturated carbocycles. The van der Waals surface area contributed by atoms with E-state index in [4.69, 9.17) is 0 Å². The number of carbonyl (C=O) groups excluding carboxylic acids is 1. The number of nitro benzene ring substituents is 1. The first kappa shape index (κ1) is 15.4. The molecular formula is C16H15N3O3. The van der Waals surface area contributed by atoms with Crippen molar-refractivity contribution < 1.29 is 9.72 Å². The number of rotatable bonds is 5. The molecule has 0 bridgehead atoms. The highest BCUT2D eigenvalue weighted by Gasteiger charge is 2.04. The largest absolute Gasteiger partial charge is 0.273 e. The Kier molecular flexibility index (Phi) is 4.98. The molecular weight excluding hydrogens is 282 g/mol. The summed E-state index contributed by atoms with van der Waals surface area (Å²) < 4.78 is 0. The molecule has 112 valence electrons. The lowest BCUT2D eigenvalue weighted by Gasteiger charge is -2.01. The zero-order valence-electron chi connectivity index (χ0n) is 12.0. The molecule has 0 saturated heterocycles. The first-order chi connectivity index (χ1) is 10.5. The molecule has 0 atom stereocenters. The van der Waals surface area contributed by atoms with Crippen LogP contribution in [0.5, 0.6) is 0 Å². The SMILES string of the molecule is Cc1ccc(CC(=O)NN=Cc2cccc([N+](=O)[O-])c2)cc1. The minimum Gasteiger partial charge on any atom is -0.273 e. The Bertz CT molecular complexity index is 709. The lowest BCUT2D eigenvalue weighted by atomic mass is 10.1. The van der Waals surface area contributed by atoms with Crippen LogP contribution in [0.3, 0.4) is 0 Å². The van der Waals surface area contributed by atoms with E-state index < -0.39 is 4.92 Å². The summed E-state index contributed by atoms with van der Waals surface area (Å²) in [7, 11) is 0. The Balaban J connectivity index is 1.91. The number of carbonyl (C=O) groups is 1. The first-order valence-corrected chi connectivity index (χ1v) is 6.66. The molecule has 0 aromatic heterocycles. The van der Waals surface area contributed by atoms with E-state index in [0.717, 1.165) is 11.1 Å². The van der Waals surface area contributed by atoms with E-state index in [2.05, 4.69) is 10.5 Å². The Morgan fingerprint density at radius 2 is 2.00 bits per heavy atom. The Morgan fingerprint density at radius 1 is 1.27 bits per heavy atom. The van der Waals surface area contributed by atoms with Crippen LogP contribution in [0.2, 0.25) is 0 Å². The number of hydrazone groups is 1. The number of nitro groups is 1.